The van der Waals surface area contributed by atoms with Crippen molar-refractivity contribution in [1.82, 2.24) is 20.1 Å². The number of allylic oxidation sites excluding steroid dienone is 1. The third-order valence-electron chi connectivity index (χ3n) is 5.07. The van der Waals surface area contributed by atoms with Gasteiger partial charge < -0.3 is 5.32 Å². The SMILES string of the molecule is C=CCn1c(SC(C)C(=O)NC2(C#N)CCCCC2)nnc1-c1ccc(Br)cc1. The number of amides is 1. The van der Waals surface area contributed by atoms with E-state index >= 15 is 0 Å². The summed E-state index contributed by atoms with van der Waals surface area (Å²) in [5.41, 5.74) is 0.207. The quantitative estimate of drug-likeness (QED) is 0.464. The number of hydrogen-bond acceptors (Lipinski definition) is 5. The lowest BCUT2D eigenvalue weighted by Gasteiger charge is -2.32. The van der Waals surface area contributed by atoms with Gasteiger partial charge in [0.15, 0.2) is 11.0 Å². The number of carbonyl (C=O) groups is 1. The Hall–Kier alpha value is -2.11. The highest BCUT2D eigenvalue weighted by Gasteiger charge is 2.35. The fraction of sp³-hybridized carbons (Fsp3) is 0.429. The first kappa shape index (κ1) is 21.6. The predicted molar refractivity (Wildman–Crippen MR) is 118 cm³/mol. The molecule has 0 radical (unpaired) electrons. The van der Waals surface area contributed by atoms with Gasteiger partial charge in [-0.1, -0.05) is 65.2 Å². The molecule has 0 bridgehead atoms. The average molecular weight is 474 g/mol. The summed E-state index contributed by atoms with van der Waals surface area (Å²) in [6.45, 7) is 6.20. The number of nitriles is 1. The largest absolute Gasteiger partial charge is 0.337 e. The van der Waals surface area contributed by atoms with Crippen molar-refractivity contribution in [3.63, 3.8) is 0 Å². The molecule has 152 valence electrons. The van der Waals surface area contributed by atoms with Crippen molar-refractivity contribution in [3.8, 4) is 17.5 Å². The number of rotatable bonds is 7. The van der Waals surface area contributed by atoms with Gasteiger partial charge in [0.05, 0.1) is 11.3 Å². The van der Waals surface area contributed by atoms with E-state index in [4.69, 9.17) is 0 Å². The molecule has 0 aliphatic heterocycles. The van der Waals surface area contributed by atoms with Crippen LogP contribution in [0.25, 0.3) is 11.4 Å². The standard InChI is InChI=1S/C21H24BrN5OS/c1-3-13-27-18(16-7-9-17(22)10-8-16)25-26-20(27)29-15(2)19(28)24-21(14-23)11-5-4-6-12-21/h3,7-10,15H,1,4-6,11-13H2,2H3,(H,24,28). The van der Waals surface area contributed by atoms with E-state index in [2.05, 4.69) is 44.1 Å². The second kappa shape index (κ2) is 9.59. The van der Waals surface area contributed by atoms with Crippen molar-refractivity contribution in [2.24, 2.45) is 0 Å². The van der Waals surface area contributed by atoms with Crippen LogP contribution in [0, 0.1) is 11.3 Å². The van der Waals surface area contributed by atoms with Gasteiger partial charge in [0, 0.05) is 16.6 Å². The van der Waals surface area contributed by atoms with Crippen molar-refractivity contribution in [2.75, 3.05) is 0 Å². The Morgan fingerprint density at radius 1 is 1.38 bits per heavy atom. The minimum atomic E-state index is -0.735. The minimum absolute atomic E-state index is 0.142. The zero-order chi connectivity index (χ0) is 20.9. The maximum Gasteiger partial charge on any atom is 0.234 e. The first-order chi connectivity index (χ1) is 14.0. The van der Waals surface area contributed by atoms with Gasteiger partial charge in [-0.15, -0.1) is 16.8 Å². The van der Waals surface area contributed by atoms with Gasteiger partial charge in [-0.25, -0.2) is 0 Å². The van der Waals surface area contributed by atoms with Crippen molar-refractivity contribution in [2.45, 2.75) is 61.5 Å². The Labute approximate surface area is 183 Å². The highest BCUT2D eigenvalue weighted by atomic mass is 79.9. The monoisotopic (exact) mass is 473 g/mol. The van der Waals surface area contributed by atoms with Gasteiger partial charge >= 0.3 is 0 Å². The lowest BCUT2D eigenvalue weighted by Crippen LogP contribution is -2.51. The molecule has 6 nitrogen and oxygen atoms in total. The number of benzene rings is 1. The zero-order valence-corrected chi connectivity index (χ0v) is 18.8. The van der Waals surface area contributed by atoms with E-state index in [0.29, 0.717) is 24.5 Å². The highest BCUT2D eigenvalue weighted by molar-refractivity contribution is 9.10. The number of thioether (sulfide) groups is 1. The normalized spacial score (nSPS) is 16.6. The lowest BCUT2D eigenvalue weighted by molar-refractivity contribution is -0.121. The first-order valence-corrected chi connectivity index (χ1v) is 11.4. The Morgan fingerprint density at radius 2 is 2.07 bits per heavy atom. The number of aromatic nitrogens is 3. The Balaban J connectivity index is 1.76. The molecule has 1 aliphatic rings. The molecule has 0 spiro atoms. The van der Waals surface area contributed by atoms with Gasteiger partial charge in [0.25, 0.3) is 0 Å². The van der Waals surface area contributed by atoms with E-state index in [-0.39, 0.29) is 5.91 Å². The van der Waals surface area contributed by atoms with Gasteiger partial charge in [-0.3, -0.25) is 9.36 Å². The average Bonchev–Trinajstić information content (AvgIpc) is 3.12. The van der Waals surface area contributed by atoms with Gasteiger partial charge in [0.2, 0.25) is 5.91 Å². The van der Waals surface area contributed by atoms with Crippen molar-refractivity contribution < 1.29 is 4.79 Å². The van der Waals surface area contributed by atoms with Gasteiger partial charge in [-0.2, -0.15) is 5.26 Å². The molecule has 8 heteroatoms. The molecule has 1 aromatic carbocycles. The summed E-state index contributed by atoms with van der Waals surface area (Å²) in [7, 11) is 0. The molecule has 1 N–H and O–H groups in total. The molecule has 1 heterocycles. The number of nitrogens with one attached hydrogen (secondary N) is 1. The van der Waals surface area contributed by atoms with Crippen LogP contribution < -0.4 is 5.32 Å². The van der Waals surface area contributed by atoms with Crippen molar-refractivity contribution in [1.29, 1.82) is 5.26 Å². The zero-order valence-electron chi connectivity index (χ0n) is 16.4. The lowest BCUT2D eigenvalue weighted by atomic mass is 9.83. The van der Waals surface area contributed by atoms with Crippen LogP contribution in [-0.2, 0) is 11.3 Å². The first-order valence-electron chi connectivity index (χ1n) is 9.68. The molecule has 1 atom stereocenters. The minimum Gasteiger partial charge on any atom is -0.337 e. The summed E-state index contributed by atoms with van der Waals surface area (Å²) in [5.74, 6) is 0.588. The molecule has 29 heavy (non-hydrogen) atoms. The van der Waals surface area contributed by atoms with Crippen LogP contribution in [0.5, 0.6) is 0 Å². The summed E-state index contributed by atoms with van der Waals surface area (Å²) >= 11 is 4.79. The van der Waals surface area contributed by atoms with E-state index < -0.39 is 10.8 Å². The van der Waals surface area contributed by atoms with Crippen LogP contribution in [0.15, 0.2) is 46.5 Å². The van der Waals surface area contributed by atoms with Gasteiger partial charge in [0.1, 0.15) is 5.54 Å². The molecular formula is C21H24BrN5OS. The summed E-state index contributed by atoms with van der Waals surface area (Å²) in [6.07, 6.45) is 6.28. The van der Waals surface area contributed by atoms with Crippen molar-refractivity contribution >= 4 is 33.6 Å². The fourth-order valence-corrected chi connectivity index (χ4v) is 4.57. The second-order valence-corrected chi connectivity index (χ2v) is 9.44. The topological polar surface area (TPSA) is 83.6 Å². The summed E-state index contributed by atoms with van der Waals surface area (Å²) in [5, 5.41) is 21.5. The van der Waals surface area contributed by atoms with E-state index in [0.717, 1.165) is 35.1 Å². The highest BCUT2D eigenvalue weighted by Crippen LogP contribution is 2.30. The van der Waals surface area contributed by atoms with Crippen LogP contribution in [-0.4, -0.2) is 31.5 Å². The van der Waals surface area contributed by atoms with E-state index in [1.165, 1.54) is 11.8 Å². The number of hydrogen-bond donors (Lipinski definition) is 1. The molecule has 1 saturated carbocycles. The maximum atomic E-state index is 12.8. The van der Waals surface area contributed by atoms with E-state index in [1.54, 1.807) is 6.08 Å². The molecule has 1 unspecified atom stereocenters. The third-order valence-corrected chi connectivity index (χ3v) is 6.68. The Bertz CT molecular complexity index is 912. The van der Waals surface area contributed by atoms with Crippen LogP contribution in [0.4, 0.5) is 0 Å². The number of carbonyl (C=O) groups excluding carboxylic acids is 1. The van der Waals surface area contributed by atoms with Crippen LogP contribution in [0.1, 0.15) is 39.0 Å². The Kier molecular flexibility index (Phi) is 7.14. The third kappa shape index (κ3) is 5.09. The Morgan fingerprint density at radius 3 is 2.69 bits per heavy atom. The molecule has 1 amide bonds. The summed E-state index contributed by atoms with van der Waals surface area (Å²) in [4.78, 5) is 12.8. The molecular weight excluding hydrogens is 450 g/mol. The maximum absolute atomic E-state index is 12.8. The number of nitrogens with zero attached hydrogens (tertiary/aromatic N) is 4. The molecule has 1 aromatic heterocycles. The van der Waals surface area contributed by atoms with E-state index in [9.17, 15) is 10.1 Å². The molecule has 0 saturated heterocycles. The molecule has 1 fully saturated rings. The molecule has 1 aliphatic carbocycles. The molecule has 2 aromatic rings. The van der Waals surface area contributed by atoms with Crippen LogP contribution in [0.2, 0.25) is 0 Å². The van der Waals surface area contributed by atoms with Gasteiger partial charge in [-0.05, 0) is 31.9 Å². The summed E-state index contributed by atoms with van der Waals surface area (Å²) in [6, 6.07) is 10.2. The molecule has 3 rings (SSSR count). The predicted octanol–water partition coefficient (Wildman–Crippen LogP) is 4.72. The van der Waals surface area contributed by atoms with E-state index in [1.807, 2.05) is 35.8 Å². The summed E-state index contributed by atoms with van der Waals surface area (Å²) < 4.78 is 2.94. The van der Waals surface area contributed by atoms with Crippen LogP contribution >= 0.6 is 27.7 Å². The second-order valence-electron chi connectivity index (χ2n) is 7.22. The number of halogens is 1. The smallest absolute Gasteiger partial charge is 0.234 e. The fourth-order valence-electron chi connectivity index (χ4n) is 3.45. The van der Waals surface area contributed by atoms with Crippen LogP contribution in [0.3, 0.4) is 0 Å². The van der Waals surface area contributed by atoms with Crippen molar-refractivity contribution in [3.05, 3.63) is 41.4 Å².